The van der Waals surface area contributed by atoms with Crippen LogP contribution in [0, 0.1) is 5.92 Å². The van der Waals surface area contributed by atoms with Gasteiger partial charge < -0.3 is 16.4 Å². The first-order valence-electron chi connectivity index (χ1n) is 5.61. The number of hydrogen-bond acceptors (Lipinski definition) is 5. The van der Waals surface area contributed by atoms with Gasteiger partial charge in [-0.1, -0.05) is 26.1 Å². The number of hydrogen-bond donors (Lipinski definition) is 3. The zero-order valence-corrected chi connectivity index (χ0v) is 11.3. The maximum atomic E-state index is 11.4. The summed E-state index contributed by atoms with van der Waals surface area (Å²) < 4.78 is 0. The average Bonchev–Trinajstić information content (AvgIpc) is 2.34. The van der Waals surface area contributed by atoms with Crippen LogP contribution in [0.2, 0.25) is 0 Å². The summed E-state index contributed by atoms with van der Waals surface area (Å²) in [5, 5.41) is 5.66. The van der Waals surface area contributed by atoms with Crippen LogP contribution in [0.15, 0.2) is 12.4 Å². The number of nitrogens with two attached hydrogens (primary N) is 1. The Balaban J connectivity index is 2.39. The molecule has 0 aromatic carbocycles. The Morgan fingerprint density at radius 2 is 2.17 bits per heavy atom. The van der Waals surface area contributed by atoms with E-state index in [0.717, 1.165) is 0 Å². The molecule has 0 spiro atoms. The highest BCUT2D eigenvalue weighted by Gasteiger charge is 2.03. The SMILES string of the molecule is CC(C)CNC(=O)CNc1cnc(C(N)=S)cn1. The number of carbonyl (C=O) groups is 1. The lowest BCUT2D eigenvalue weighted by Gasteiger charge is -2.08. The smallest absolute Gasteiger partial charge is 0.239 e. The van der Waals surface area contributed by atoms with E-state index in [-0.39, 0.29) is 17.4 Å². The van der Waals surface area contributed by atoms with Crippen molar-refractivity contribution in [3.63, 3.8) is 0 Å². The molecule has 1 rings (SSSR count). The molecule has 0 aliphatic heterocycles. The normalized spacial score (nSPS) is 10.2. The van der Waals surface area contributed by atoms with Crippen molar-refractivity contribution in [3.05, 3.63) is 18.1 Å². The van der Waals surface area contributed by atoms with Crippen LogP contribution in [0.25, 0.3) is 0 Å². The van der Waals surface area contributed by atoms with Gasteiger partial charge in [-0.2, -0.15) is 0 Å². The molecule has 0 aliphatic rings. The van der Waals surface area contributed by atoms with Crippen molar-refractivity contribution in [1.82, 2.24) is 15.3 Å². The summed E-state index contributed by atoms with van der Waals surface area (Å²) in [4.78, 5) is 19.7. The second kappa shape index (κ2) is 6.85. The van der Waals surface area contributed by atoms with E-state index in [1.165, 1.54) is 12.4 Å². The maximum Gasteiger partial charge on any atom is 0.239 e. The fourth-order valence-electron chi connectivity index (χ4n) is 1.10. The Morgan fingerprint density at radius 3 is 2.67 bits per heavy atom. The number of nitrogens with one attached hydrogen (secondary N) is 2. The molecular formula is C11H17N5OS. The van der Waals surface area contributed by atoms with Crippen LogP contribution in [-0.2, 0) is 4.79 Å². The molecular weight excluding hydrogens is 250 g/mol. The molecule has 1 amide bonds. The third kappa shape index (κ3) is 5.05. The van der Waals surface area contributed by atoms with Gasteiger partial charge in [0.2, 0.25) is 5.91 Å². The van der Waals surface area contributed by atoms with Gasteiger partial charge in [0.25, 0.3) is 0 Å². The lowest BCUT2D eigenvalue weighted by molar-refractivity contribution is -0.119. The van der Waals surface area contributed by atoms with Crippen LogP contribution in [-0.4, -0.2) is 34.0 Å². The highest BCUT2D eigenvalue weighted by molar-refractivity contribution is 7.80. The van der Waals surface area contributed by atoms with Crippen molar-refractivity contribution in [2.45, 2.75) is 13.8 Å². The first-order chi connectivity index (χ1) is 8.49. The standard InChI is InChI=1S/C11H17N5OS/c1-7(2)3-16-10(17)6-15-9-5-13-8(4-14-9)11(12)18/h4-5,7H,3,6H2,1-2H3,(H2,12,18)(H,14,15)(H,16,17). The largest absolute Gasteiger partial charge is 0.388 e. The third-order valence-electron chi connectivity index (χ3n) is 2.04. The minimum absolute atomic E-state index is 0.0797. The number of amides is 1. The van der Waals surface area contributed by atoms with E-state index in [1.807, 2.05) is 13.8 Å². The molecule has 0 bridgehead atoms. The van der Waals surface area contributed by atoms with E-state index >= 15 is 0 Å². The molecule has 0 radical (unpaired) electrons. The summed E-state index contributed by atoms with van der Waals surface area (Å²) >= 11 is 4.76. The highest BCUT2D eigenvalue weighted by atomic mass is 32.1. The van der Waals surface area contributed by atoms with Crippen LogP contribution in [0.1, 0.15) is 19.5 Å². The van der Waals surface area contributed by atoms with Gasteiger partial charge in [-0.15, -0.1) is 0 Å². The Kier molecular flexibility index (Phi) is 5.44. The topological polar surface area (TPSA) is 92.9 Å². The predicted octanol–water partition coefficient (Wildman–Crippen LogP) is 0.295. The molecule has 1 aromatic heterocycles. The van der Waals surface area contributed by atoms with Crippen molar-refractivity contribution in [1.29, 1.82) is 0 Å². The Bertz CT molecular complexity index is 418. The monoisotopic (exact) mass is 267 g/mol. The molecule has 6 nitrogen and oxygen atoms in total. The summed E-state index contributed by atoms with van der Waals surface area (Å²) in [6.45, 7) is 4.89. The zero-order valence-electron chi connectivity index (χ0n) is 10.4. The zero-order chi connectivity index (χ0) is 13.5. The van der Waals surface area contributed by atoms with E-state index in [0.29, 0.717) is 24.0 Å². The fourth-order valence-corrected chi connectivity index (χ4v) is 1.20. The lowest BCUT2D eigenvalue weighted by Crippen LogP contribution is -2.32. The molecule has 18 heavy (non-hydrogen) atoms. The summed E-state index contributed by atoms with van der Waals surface area (Å²) in [6, 6.07) is 0. The number of aromatic nitrogens is 2. The molecule has 0 unspecified atom stereocenters. The van der Waals surface area contributed by atoms with E-state index < -0.39 is 0 Å². The van der Waals surface area contributed by atoms with E-state index in [9.17, 15) is 4.79 Å². The van der Waals surface area contributed by atoms with Gasteiger partial charge in [-0.25, -0.2) is 9.97 Å². The molecule has 0 saturated heterocycles. The van der Waals surface area contributed by atoms with Crippen molar-refractivity contribution in [2.24, 2.45) is 11.7 Å². The van der Waals surface area contributed by atoms with E-state index in [1.54, 1.807) is 0 Å². The summed E-state index contributed by atoms with van der Waals surface area (Å²) in [5.41, 5.74) is 5.86. The van der Waals surface area contributed by atoms with Gasteiger partial charge in [0, 0.05) is 6.54 Å². The molecule has 1 aromatic rings. The lowest BCUT2D eigenvalue weighted by atomic mass is 10.2. The summed E-state index contributed by atoms with van der Waals surface area (Å²) in [6.07, 6.45) is 2.96. The molecule has 0 atom stereocenters. The molecule has 98 valence electrons. The van der Waals surface area contributed by atoms with Crippen molar-refractivity contribution < 1.29 is 4.79 Å². The van der Waals surface area contributed by atoms with Gasteiger partial charge in [0.1, 0.15) is 16.5 Å². The fraction of sp³-hybridized carbons (Fsp3) is 0.455. The summed E-state index contributed by atoms with van der Waals surface area (Å²) in [5.74, 6) is 0.859. The van der Waals surface area contributed by atoms with Crippen molar-refractivity contribution in [3.8, 4) is 0 Å². The molecule has 0 saturated carbocycles. The second-order valence-electron chi connectivity index (χ2n) is 4.20. The Hall–Kier alpha value is -1.76. The van der Waals surface area contributed by atoms with Crippen LogP contribution >= 0.6 is 12.2 Å². The quantitative estimate of drug-likeness (QED) is 0.642. The van der Waals surface area contributed by atoms with Crippen LogP contribution in [0.3, 0.4) is 0 Å². The molecule has 7 heteroatoms. The predicted molar refractivity (Wildman–Crippen MR) is 74.3 cm³/mol. The first-order valence-corrected chi connectivity index (χ1v) is 6.02. The minimum atomic E-state index is -0.0797. The van der Waals surface area contributed by atoms with Crippen molar-refractivity contribution in [2.75, 3.05) is 18.4 Å². The molecule has 4 N–H and O–H groups in total. The Labute approximate surface area is 111 Å². The van der Waals surface area contributed by atoms with E-state index in [2.05, 4.69) is 20.6 Å². The number of anilines is 1. The van der Waals surface area contributed by atoms with Gasteiger partial charge in [0.15, 0.2) is 0 Å². The molecule has 1 heterocycles. The molecule has 0 fully saturated rings. The van der Waals surface area contributed by atoms with E-state index in [4.69, 9.17) is 18.0 Å². The van der Waals surface area contributed by atoms with Gasteiger partial charge in [-0.05, 0) is 5.92 Å². The summed E-state index contributed by atoms with van der Waals surface area (Å²) in [7, 11) is 0. The van der Waals surface area contributed by atoms with Crippen molar-refractivity contribution >= 4 is 28.9 Å². The average molecular weight is 267 g/mol. The van der Waals surface area contributed by atoms with Gasteiger partial charge >= 0.3 is 0 Å². The number of nitrogens with zero attached hydrogens (tertiary/aromatic N) is 2. The second-order valence-corrected chi connectivity index (χ2v) is 4.64. The van der Waals surface area contributed by atoms with Gasteiger partial charge in [-0.3, -0.25) is 4.79 Å². The van der Waals surface area contributed by atoms with Gasteiger partial charge in [0.05, 0.1) is 18.9 Å². The first kappa shape index (κ1) is 14.3. The number of thiocarbonyl (C=S) groups is 1. The minimum Gasteiger partial charge on any atom is -0.388 e. The maximum absolute atomic E-state index is 11.4. The molecule has 0 aliphatic carbocycles. The third-order valence-corrected chi connectivity index (χ3v) is 2.25. The number of carbonyl (C=O) groups excluding carboxylic acids is 1. The van der Waals surface area contributed by atoms with Crippen LogP contribution < -0.4 is 16.4 Å². The highest BCUT2D eigenvalue weighted by Crippen LogP contribution is 2.00. The Morgan fingerprint density at radius 1 is 1.44 bits per heavy atom. The number of rotatable bonds is 6. The van der Waals surface area contributed by atoms with Crippen LogP contribution in [0.4, 0.5) is 5.82 Å². The van der Waals surface area contributed by atoms with Crippen LogP contribution in [0.5, 0.6) is 0 Å².